The Hall–Kier alpha value is -0.940. The second kappa shape index (κ2) is 7.18. The Morgan fingerprint density at radius 1 is 1.40 bits per heavy atom. The summed E-state index contributed by atoms with van der Waals surface area (Å²) in [6, 6.07) is 4.73. The minimum atomic E-state index is -0.291. The molecule has 1 unspecified atom stereocenters. The van der Waals surface area contributed by atoms with Gasteiger partial charge in [0.1, 0.15) is 5.82 Å². The van der Waals surface area contributed by atoms with E-state index in [0.29, 0.717) is 9.77 Å². The van der Waals surface area contributed by atoms with Gasteiger partial charge in [0.2, 0.25) is 4.74 Å². The second-order valence-corrected chi connectivity index (χ2v) is 5.98. The summed E-state index contributed by atoms with van der Waals surface area (Å²) in [4.78, 5) is 3.73. The molecule has 20 heavy (non-hydrogen) atoms. The van der Waals surface area contributed by atoms with Crippen LogP contribution in [-0.4, -0.2) is 29.6 Å². The summed E-state index contributed by atoms with van der Waals surface area (Å²) in [5.41, 5.74) is 0.930. The predicted molar refractivity (Wildman–Crippen MR) is 85.5 cm³/mol. The highest BCUT2D eigenvalue weighted by Gasteiger charge is 2.20. The Morgan fingerprint density at radius 3 is 2.90 bits per heavy atom. The normalized spacial score (nSPS) is 20.6. The Balaban J connectivity index is 2.19. The van der Waals surface area contributed by atoms with Gasteiger partial charge in [0.25, 0.3) is 0 Å². The fourth-order valence-corrected chi connectivity index (χ4v) is 2.90. The van der Waals surface area contributed by atoms with Crippen molar-refractivity contribution in [2.24, 2.45) is 10.1 Å². The first kappa shape index (κ1) is 15.4. The number of nitrogens with zero attached hydrogens (tertiary/aromatic N) is 3. The highest BCUT2D eigenvalue weighted by molar-refractivity contribution is 9.18. The van der Waals surface area contributed by atoms with Gasteiger partial charge in [0, 0.05) is 24.0 Å². The van der Waals surface area contributed by atoms with Crippen molar-refractivity contribution in [2.45, 2.75) is 25.2 Å². The van der Waals surface area contributed by atoms with Gasteiger partial charge in [-0.2, -0.15) is 0 Å². The average Bonchev–Trinajstić information content (AvgIpc) is 2.63. The zero-order chi connectivity index (χ0) is 14.5. The summed E-state index contributed by atoms with van der Waals surface area (Å²) in [5, 5.41) is 6.74. The van der Waals surface area contributed by atoms with Gasteiger partial charge in [-0.1, -0.05) is 18.0 Å². The third-order valence-electron chi connectivity index (χ3n) is 3.36. The highest BCUT2D eigenvalue weighted by Crippen LogP contribution is 2.29. The maximum atomic E-state index is 13.5. The maximum Gasteiger partial charge on any atom is 0.214 e. The van der Waals surface area contributed by atoms with Crippen LogP contribution in [0.4, 0.5) is 4.39 Å². The van der Waals surface area contributed by atoms with Gasteiger partial charge in [0.05, 0.1) is 0 Å². The Bertz CT molecular complexity index is 501. The van der Waals surface area contributed by atoms with E-state index in [2.05, 4.69) is 32.7 Å². The number of amidine groups is 1. The van der Waals surface area contributed by atoms with Crippen molar-refractivity contribution in [3.05, 3.63) is 34.6 Å². The van der Waals surface area contributed by atoms with Crippen molar-refractivity contribution < 1.29 is 4.39 Å². The molecule has 1 aromatic carbocycles. The number of hydrazone groups is 1. The number of rotatable bonds is 2. The van der Waals surface area contributed by atoms with Crippen LogP contribution < -0.4 is 0 Å². The minimum absolute atomic E-state index is 0.222. The zero-order valence-corrected chi connectivity index (χ0v) is 13.4. The summed E-state index contributed by atoms with van der Waals surface area (Å²) >= 11 is 9.18. The smallest absolute Gasteiger partial charge is 0.214 e. The van der Waals surface area contributed by atoms with Crippen molar-refractivity contribution in [1.82, 2.24) is 5.01 Å². The summed E-state index contributed by atoms with van der Waals surface area (Å²) < 4.78 is 14.0. The molecule has 1 saturated heterocycles. The number of hydrogen-bond acceptors (Lipinski definition) is 2. The van der Waals surface area contributed by atoms with E-state index < -0.39 is 0 Å². The van der Waals surface area contributed by atoms with Crippen LogP contribution >= 0.6 is 27.5 Å². The zero-order valence-electron chi connectivity index (χ0n) is 11.0. The minimum Gasteiger partial charge on any atom is -0.294 e. The average molecular weight is 361 g/mol. The van der Waals surface area contributed by atoms with Crippen LogP contribution in [0.3, 0.4) is 0 Å². The molecule has 1 aromatic rings. The molecule has 0 amide bonds. The van der Waals surface area contributed by atoms with Gasteiger partial charge >= 0.3 is 0 Å². The summed E-state index contributed by atoms with van der Waals surface area (Å²) in [7, 11) is 0. The van der Waals surface area contributed by atoms with Crippen molar-refractivity contribution in [2.75, 3.05) is 13.1 Å². The maximum absolute atomic E-state index is 13.5. The van der Waals surface area contributed by atoms with E-state index in [1.165, 1.54) is 6.07 Å². The molecule has 108 valence electrons. The lowest BCUT2D eigenvalue weighted by atomic mass is 9.94. The predicted octanol–water partition coefficient (Wildman–Crippen LogP) is 4.42. The van der Waals surface area contributed by atoms with Gasteiger partial charge in [-0.05, 0) is 59.3 Å². The first-order valence-corrected chi connectivity index (χ1v) is 7.67. The van der Waals surface area contributed by atoms with Gasteiger partial charge in [-0.15, -0.1) is 5.10 Å². The fraction of sp³-hybridized carbons (Fsp3) is 0.429. The molecule has 1 aliphatic rings. The summed E-state index contributed by atoms with van der Waals surface area (Å²) in [5.74, 6) is -0.0692. The fourth-order valence-electron chi connectivity index (χ4n) is 2.44. The molecule has 2 rings (SSSR count). The molecule has 1 heterocycles. The van der Waals surface area contributed by atoms with E-state index in [1.807, 2.05) is 11.1 Å². The second-order valence-electron chi connectivity index (χ2n) is 4.84. The molecule has 0 saturated carbocycles. The first-order chi connectivity index (χ1) is 9.58. The SMILES string of the molecule is C=N/C(Br)=N\N1CCCCC(c2cc(F)cc(Cl)c2)C1. The monoisotopic (exact) mass is 359 g/mol. The van der Waals surface area contributed by atoms with E-state index in [1.54, 1.807) is 6.07 Å². The molecule has 0 N–H and O–H groups in total. The van der Waals surface area contributed by atoms with Gasteiger partial charge in [-0.3, -0.25) is 5.01 Å². The van der Waals surface area contributed by atoms with Crippen LogP contribution in [0.15, 0.2) is 28.3 Å². The van der Waals surface area contributed by atoms with Crippen molar-refractivity contribution >= 4 is 39.0 Å². The molecule has 3 nitrogen and oxygen atoms in total. The van der Waals surface area contributed by atoms with E-state index in [4.69, 9.17) is 11.6 Å². The highest BCUT2D eigenvalue weighted by atomic mass is 79.9. The van der Waals surface area contributed by atoms with Crippen LogP contribution in [0.2, 0.25) is 5.02 Å². The molecular weight excluding hydrogens is 345 g/mol. The lowest BCUT2D eigenvalue weighted by molar-refractivity contribution is 0.287. The Kier molecular flexibility index (Phi) is 5.54. The number of benzene rings is 1. The van der Waals surface area contributed by atoms with E-state index in [9.17, 15) is 4.39 Å². The van der Waals surface area contributed by atoms with Crippen molar-refractivity contribution in [3.63, 3.8) is 0 Å². The standard InChI is InChI=1S/C14H16BrClFN3/c1-18-14(15)19-20-5-3-2-4-10(9-20)11-6-12(16)8-13(17)7-11/h6-8,10H,1-5,9H2/b19-14-. The molecule has 0 aliphatic carbocycles. The molecule has 0 bridgehead atoms. The number of hydrogen-bond donors (Lipinski definition) is 0. The molecule has 1 atom stereocenters. The third kappa shape index (κ3) is 4.28. The van der Waals surface area contributed by atoms with E-state index in [-0.39, 0.29) is 11.7 Å². The Morgan fingerprint density at radius 2 is 2.20 bits per heavy atom. The molecule has 0 spiro atoms. The lowest BCUT2D eigenvalue weighted by Gasteiger charge is -2.22. The molecule has 0 aromatic heterocycles. The number of halogens is 3. The van der Waals surface area contributed by atoms with Crippen LogP contribution in [0, 0.1) is 5.82 Å². The summed E-state index contributed by atoms with van der Waals surface area (Å²) in [6.45, 7) is 5.02. The topological polar surface area (TPSA) is 28.0 Å². The lowest BCUT2D eigenvalue weighted by Crippen LogP contribution is -2.23. The van der Waals surface area contributed by atoms with Gasteiger partial charge in [-0.25, -0.2) is 9.38 Å². The third-order valence-corrected chi connectivity index (χ3v) is 3.99. The van der Waals surface area contributed by atoms with Crippen molar-refractivity contribution in [1.29, 1.82) is 0 Å². The molecule has 6 heteroatoms. The molecule has 1 fully saturated rings. The molecule has 0 radical (unpaired) electrons. The van der Waals surface area contributed by atoms with E-state index in [0.717, 1.165) is 37.9 Å². The molecule has 1 aliphatic heterocycles. The van der Waals surface area contributed by atoms with Crippen LogP contribution in [0.5, 0.6) is 0 Å². The van der Waals surface area contributed by atoms with Crippen LogP contribution in [0.1, 0.15) is 30.7 Å². The first-order valence-electron chi connectivity index (χ1n) is 6.50. The molecular formula is C14H16BrClFN3. The van der Waals surface area contributed by atoms with Crippen LogP contribution in [-0.2, 0) is 0 Å². The quantitative estimate of drug-likeness (QED) is 0.436. The summed E-state index contributed by atoms with van der Waals surface area (Å²) in [6.07, 6.45) is 3.15. The van der Waals surface area contributed by atoms with Gasteiger partial charge in [0.15, 0.2) is 0 Å². The number of aliphatic imine (C=N–C) groups is 1. The van der Waals surface area contributed by atoms with Crippen molar-refractivity contribution in [3.8, 4) is 0 Å². The van der Waals surface area contributed by atoms with E-state index >= 15 is 0 Å². The van der Waals surface area contributed by atoms with Crippen LogP contribution in [0.25, 0.3) is 0 Å². The largest absolute Gasteiger partial charge is 0.294 e. The van der Waals surface area contributed by atoms with Gasteiger partial charge < -0.3 is 0 Å². The Labute approximate surface area is 131 Å².